The second-order valence-corrected chi connectivity index (χ2v) is 7.95. The highest BCUT2D eigenvalue weighted by Crippen LogP contribution is 2.26. The molecule has 1 aliphatic carbocycles. The number of benzene rings is 1. The van der Waals surface area contributed by atoms with Crippen LogP contribution in [0.1, 0.15) is 50.3 Å². The summed E-state index contributed by atoms with van der Waals surface area (Å²) in [6, 6.07) is 11.6. The molecule has 1 aromatic heterocycles. The third-order valence-corrected chi connectivity index (χ3v) is 5.27. The molecule has 1 heterocycles. The molecule has 0 bridgehead atoms. The van der Waals surface area contributed by atoms with Crippen molar-refractivity contribution in [2.24, 2.45) is 0 Å². The summed E-state index contributed by atoms with van der Waals surface area (Å²) < 4.78 is 2.26. The lowest BCUT2D eigenvalue weighted by Crippen LogP contribution is -2.22. The van der Waals surface area contributed by atoms with Crippen LogP contribution in [0, 0.1) is 6.92 Å². The van der Waals surface area contributed by atoms with E-state index in [0.29, 0.717) is 11.1 Å². The van der Waals surface area contributed by atoms with Gasteiger partial charge < -0.3 is 9.88 Å². The zero-order valence-electron chi connectivity index (χ0n) is 15.9. The van der Waals surface area contributed by atoms with Crippen molar-refractivity contribution in [2.75, 3.05) is 5.32 Å². The molecule has 0 radical (unpaired) electrons. The molecule has 26 heavy (non-hydrogen) atoms. The van der Waals surface area contributed by atoms with Crippen LogP contribution in [-0.2, 0) is 6.42 Å². The monoisotopic (exact) mass is 368 g/mol. The molecule has 1 fully saturated rings. The molecular formula is C23H29ClN2. The molecule has 0 saturated heterocycles. The van der Waals surface area contributed by atoms with E-state index >= 15 is 0 Å². The van der Waals surface area contributed by atoms with Crippen LogP contribution in [-0.4, -0.2) is 10.6 Å². The third-order valence-electron chi connectivity index (χ3n) is 5.16. The quantitative estimate of drug-likeness (QED) is 0.556. The van der Waals surface area contributed by atoms with Crippen LogP contribution in [0.15, 0.2) is 59.8 Å². The van der Waals surface area contributed by atoms with Gasteiger partial charge in [-0.25, -0.2) is 0 Å². The predicted octanol–water partition coefficient (Wildman–Crippen LogP) is 6.77. The summed E-state index contributed by atoms with van der Waals surface area (Å²) in [5.41, 5.74) is 6.23. The second-order valence-electron chi connectivity index (χ2n) is 7.46. The maximum absolute atomic E-state index is 5.91. The molecule has 1 aromatic carbocycles. The van der Waals surface area contributed by atoms with Crippen molar-refractivity contribution in [2.45, 2.75) is 58.4 Å². The molecule has 3 heteroatoms. The Labute approximate surface area is 162 Å². The maximum atomic E-state index is 5.91. The van der Waals surface area contributed by atoms with Crippen molar-refractivity contribution >= 4 is 17.3 Å². The standard InChI is InChI=1S/C23H29ClN2/c1-17(14-19(3)24)15-21-10-7-13-26(21)22-12-11-18(2)23(16-22)25-20-8-5-4-6-9-20/h7,10-14,16,20,25H,3-6,8-9,15H2,1-2H3/b17-14+. The number of aryl methyl sites for hydroxylation is 1. The van der Waals surface area contributed by atoms with Gasteiger partial charge in [0.2, 0.25) is 0 Å². The molecule has 0 amide bonds. The van der Waals surface area contributed by atoms with Crippen molar-refractivity contribution in [1.29, 1.82) is 0 Å². The maximum Gasteiger partial charge on any atom is 0.0473 e. The van der Waals surface area contributed by atoms with E-state index < -0.39 is 0 Å². The summed E-state index contributed by atoms with van der Waals surface area (Å²) in [6.45, 7) is 8.03. The van der Waals surface area contributed by atoms with E-state index in [4.69, 9.17) is 11.6 Å². The number of rotatable bonds is 6. The fourth-order valence-electron chi connectivity index (χ4n) is 3.80. The van der Waals surface area contributed by atoms with E-state index in [0.717, 1.165) is 6.42 Å². The number of allylic oxidation sites excluding steroid dienone is 3. The van der Waals surface area contributed by atoms with Gasteiger partial charge in [0.15, 0.2) is 0 Å². The Kier molecular flexibility index (Phi) is 6.26. The van der Waals surface area contributed by atoms with Gasteiger partial charge in [0, 0.05) is 40.8 Å². The highest BCUT2D eigenvalue weighted by atomic mass is 35.5. The highest BCUT2D eigenvalue weighted by Gasteiger charge is 2.14. The average Bonchev–Trinajstić information content (AvgIpc) is 3.05. The Bertz CT molecular complexity index is 794. The van der Waals surface area contributed by atoms with Crippen LogP contribution in [0.25, 0.3) is 5.69 Å². The number of halogens is 1. The first kappa shape index (κ1) is 18.8. The van der Waals surface area contributed by atoms with E-state index in [-0.39, 0.29) is 0 Å². The molecule has 2 aromatic rings. The predicted molar refractivity (Wildman–Crippen MR) is 113 cm³/mol. The molecule has 2 nitrogen and oxygen atoms in total. The van der Waals surface area contributed by atoms with Gasteiger partial charge in [-0.2, -0.15) is 0 Å². The van der Waals surface area contributed by atoms with Gasteiger partial charge in [-0.1, -0.05) is 49.1 Å². The minimum Gasteiger partial charge on any atom is -0.382 e. The Balaban J connectivity index is 1.82. The van der Waals surface area contributed by atoms with Crippen LogP contribution >= 0.6 is 11.6 Å². The summed E-state index contributed by atoms with van der Waals surface area (Å²) in [5.74, 6) is 0. The lowest BCUT2D eigenvalue weighted by molar-refractivity contribution is 0.462. The summed E-state index contributed by atoms with van der Waals surface area (Å²) >= 11 is 5.91. The number of nitrogens with zero attached hydrogens (tertiary/aromatic N) is 1. The van der Waals surface area contributed by atoms with Crippen LogP contribution < -0.4 is 5.32 Å². The normalized spacial score (nSPS) is 15.9. The summed E-state index contributed by atoms with van der Waals surface area (Å²) in [4.78, 5) is 0. The minimum absolute atomic E-state index is 0.579. The van der Waals surface area contributed by atoms with Gasteiger partial charge in [0.25, 0.3) is 0 Å². The van der Waals surface area contributed by atoms with Crippen molar-refractivity contribution in [3.63, 3.8) is 0 Å². The molecule has 0 spiro atoms. The van der Waals surface area contributed by atoms with E-state index in [9.17, 15) is 0 Å². The lowest BCUT2D eigenvalue weighted by Gasteiger charge is -2.25. The number of nitrogens with one attached hydrogen (secondary N) is 1. The van der Waals surface area contributed by atoms with Crippen molar-refractivity contribution in [3.8, 4) is 5.69 Å². The van der Waals surface area contributed by atoms with E-state index in [1.54, 1.807) is 0 Å². The molecule has 3 rings (SSSR count). The number of anilines is 1. The van der Waals surface area contributed by atoms with Crippen molar-refractivity contribution in [1.82, 2.24) is 4.57 Å². The molecule has 1 aliphatic rings. The minimum atomic E-state index is 0.579. The van der Waals surface area contributed by atoms with Gasteiger partial charge in [0.05, 0.1) is 0 Å². The Morgan fingerprint density at radius 1 is 1.27 bits per heavy atom. The average molecular weight is 369 g/mol. The zero-order valence-corrected chi connectivity index (χ0v) is 16.6. The first-order chi connectivity index (χ1) is 12.5. The van der Waals surface area contributed by atoms with Crippen molar-refractivity contribution < 1.29 is 0 Å². The first-order valence-electron chi connectivity index (χ1n) is 9.58. The van der Waals surface area contributed by atoms with Gasteiger partial charge in [0.1, 0.15) is 0 Å². The molecule has 138 valence electrons. The first-order valence-corrected chi connectivity index (χ1v) is 9.96. The van der Waals surface area contributed by atoms with Crippen molar-refractivity contribution in [3.05, 3.63) is 71.0 Å². The SMILES string of the molecule is C=C(Cl)/C=C(\C)Cc1cccn1-c1ccc(C)c(NC2CCCCC2)c1. The summed E-state index contributed by atoms with van der Waals surface area (Å²) in [5, 5.41) is 4.36. The van der Waals surface area contributed by atoms with E-state index in [1.165, 1.54) is 60.3 Å². The third kappa shape index (κ3) is 4.82. The fraction of sp³-hybridized carbons (Fsp3) is 0.391. The van der Waals surface area contributed by atoms with Gasteiger partial charge >= 0.3 is 0 Å². The summed E-state index contributed by atoms with van der Waals surface area (Å²) in [6.07, 6.45) is 11.6. The topological polar surface area (TPSA) is 17.0 Å². The van der Waals surface area contributed by atoms with Gasteiger partial charge in [-0.05, 0) is 62.6 Å². The second kappa shape index (κ2) is 8.64. The van der Waals surface area contributed by atoms with Crippen LogP contribution in [0.5, 0.6) is 0 Å². The van der Waals surface area contributed by atoms with Gasteiger partial charge in [-0.3, -0.25) is 0 Å². The van der Waals surface area contributed by atoms with E-state index in [1.807, 2.05) is 6.08 Å². The Morgan fingerprint density at radius 2 is 2.04 bits per heavy atom. The largest absolute Gasteiger partial charge is 0.382 e. The molecule has 0 unspecified atom stereocenters. The molecular weight excluding hydrogens is 340 g/mol. The van der Waals surface area contributed by atoms with Crippen LogP contribution in [0.3, 0.4) is 0 Å². The van der Waals surface area contributed by atoms with Crippen LogP contribution in [0.4, 0.5) is 5.69 Å². The summed E-state index contributed by atoms with van der Waals surface area (Å²) in [7, 11) is 0. The molecule has 0 atom stereocenters. The fourth-order valence-corrected chi connectivity index (χ4v) is 3.98. The van der Waals surface area contributed by atoms with Gasteiger partial charge in [-0.15, -0.1) is 0 Å². The smallest absolute Gasteiger partial charge is 0.0473 e. The lowest BCUT2D eigenvalue weighted by atomic mass is 9.95. The highest BCUT2D eigenvalue weighted by molar-refractivity contribution is 6.30. The molecule has 0 aliphatic heterocycles. The Hall–Kier alpha value is -1.93. The number of hydrogen-bond donors (Lipinski definition) is 1. The Morgan fingerprint density at radius 3 is 2.77 bits per heavy atom. The molecule has 1 saturated carbocycles. The van der Waals surface area contributed by atoms with Crippen LogP contribution in [0.2, 0.25) is 0 Å². The zero-order chi connectivity index (χ0) is 18.5. The molecule has 1 N–H and O–H groups in total. The van der Waals surface area contributed by atoms with E-state index in [2.05, 4.69) is 66.8 Å². The number of hydrogen-bond acceptors (Lipinski definition) is 1. The number of aromatic nitrogens is 1.